The number of hydrogen-bond donors (Lipinski definition) is 1. The lowest BCUT2D eigenvalue weighted by atomic mass is 10.0. The van der Waals surface area contributed by atoms with Crippen molar-refractivity contribution < 1.29 is 4.79 Å². The van der Waals surface area contributed by atoms with Crippen molar-refractivity contribution in [2.24, 2.45) is 12.8 Å². The van der Waals surface area contributed by atoms with Crippen molar-refractivity contribution in [1.82, 2.24) is 19.7 Å². The number of amides is 1. The molecule has 6 rings (SSSR count). The Labute approximate surface area is 205 Å². The van der Waals surface area contributed by atoms with E-state index in [9.17, 15) is 4.79 Å². The number of pyridine rings is 1. The molecule has 0 atom stereocenters. The number of rotatable bonds is 4. The summed E-state index contributed by atoms with van der Waals surface area (Å²) in [6, 6.07) is 15.3. The molecule has 2 N–H and O–H groups in total. The van der Waals surface area contributed by atoms with Crippen LogP contribution in [0.25, 0.3) is 33.4 Å². The van der Waals surface area contributed by atoms with Crippen molar-refractivity contribution in [2.45, 2.75) is 25.3 Å². The van der Waals surface area contributed by atoms with Crippen LogP contribution < -0.4 is 10.6 Å². The fourth-order valence-electron chi connectivity index (χ4n) is 5.65. The second-order valence-electron chi connectivity index (χ2n) is 9.99. The van der Waals surface area contributed by atoms with Gasteiger partial charge in [-0.15, -0.1) is 0 Å². The van der Waals surface area contributed by atoms with Gasteiger partial charge in [0.1, 0.15) is 0 Å². The molecule has 1 saturated heterocycles. The number of piperidine rings is 1. The van der Waals surface area contributed by atoms with E-state index in [-0.39, 0.29) is 0 Å². The first-order valence-corrected chi connectivity index (χ1v) is 12.2. The Morgan fingerprint density at radius 3 is 2.63 bits per heavy atom. The van der Waals surface area contributed by atoms with Gasteiger partial charge in [0, 0.05) is 60.4 Å². The predicted molar refractivity (Wildman–Crippen MR) is 140 cm³/mol. The van der Waals surface area contributed by atoms with Crippen molar-refractivity contribution in [2.75, 3.05) is 32.1 Å². The molecule has 1 fully saturated rings. The Morgan fingerprint density at radius 1 is 1.09 bits per heavy atom. The maximum absolute atomic E-state index is 12.5. The first-order valence-electron chi connectivity index (χ1n) is 12.2. The standard InChI is InChI=1S/C28H30N6O/c1-32(2)20-8-10-34(11-9-20)21-5-6-22-18(13-21)14-23-24(28(29)35)15-25(31-27(22)23)17-4-7-26-19(12-17)16-30-33(26)3/h4-7,12-13,15-16,20H,8-11,14H2,1-3H3,(H2,29,35). The van der Waals surface area contributed by atoms with Crippen LogP contribution in [0.1, 0.15) is 34.3 Å². The van der Waals surface area contributed by atoms with Crippen LogP contribution in [0.5, 0.6) is 0 Å². The van der Waals surface area contributed by atoms with Gasteiger partial charge in [0.15, 0.2) is 0 Å². The minimum Gasteiger partial charge on any atom is -0.371 e. The molecular weight excluding hydrogens is 436 g/mol. The van der Waals surface area contributed by atoms with Gasteiger partial charge in [-0.25, -0.2) is 4.98 Å². The summed E-state index contributed by atoms with van der Waals surface area (Å²) in [6.45, 7) is 2.11. The van der Waals surface area contributed by atoms with Gasteiger partial charge in [-0.1, -0.05) is 12.1 Å². The van der Waals surface area contributed by atoms with Crippen LogP contribution in [-0.2, 0) is 13.5 Å². The molecule has 2 aliphatic rings. The second kappa shape index (κ2) is 8.20. The van der Waals surface area contributed by atoms with Crippen LogP contribution in [0.15, 0.2) is 48.7 Å². The summed E-state index contributed by atoms with van der Waals surface area (Å²) in [5.74, 6) is -0.411. The van der Waals surface area contributed by atoms with Crippen LogP contribution >= 0.6 is 0 Å². The molecular formula is C28H30N6O. The maximum atomic E-state index is 12.5. The van der Waals surface area contributed by atoms with Crippen molar-refractivity contribution >= 4 is 22.5 Å². The fraction of sp³-hybridized carbons (Fsp3) is 0.321. The number of carbonyl (C=O) groups excluding carboxylic acids is 1. The molecule has 35 heavy (non-hydrogen) atoms. The third-order valence-corrected chi connectivity index (χ3v) is 7.70. The highest BCUT2D eigenvalue weighted by Crippen LogP contribution is 2.41. The van der Waals surface area contributed by atoms with Gasteiger partial charge in [0.05, 0.1) is 23.1 Å². The third kappa shape index (κ3) is 3.67. The smallest absolute Gasteiger partial charge is 0.249 e. The van der Waals surface area contributed by atoms with Gasteiger partial charge in [0.25, 0.3) is 0 Å². The van der Waals surface area contributed by atoms with E-state index in [2.05, 4.69) is 53.3 Å². The summed E-state index contributed by atoms with van der Waals surface area (Å²) in [7, 11) is 6.26. The number of hydrogen-bond acceptors (Lipinski definition) is 5. The normalized spacial score (nSPS) is 15.6. The zero-order valence-corrected chi connectivity index (χ0v) is 20.5. The van der Waals surface area contributed by atoms with E-state index in [1.165, 1.54) is 24.1 Å². The van der Waals surface area contributed by atoms with Gasteiger partial charge in [0.2, 0.25) is 5.91 Å². The molecule has 1 aliphatic carbocycles. The number of aromatic nitrogens is 3. The summed E-state index contributed by atoms with van der Waals surface area (Å²) >= 11 is 0. The molecule has 1 aliphatic heterocycles. The molecule has 0 spiro atoms. The van der Waals surface area contributed by atoms with Crippen molar-refractivity contribution in [3.8, 4) is 22.5 Å². The monoisotopic (exact) mass is 466 g/mol. The lowest BCUT2D eigenvalue weighted by molar-refractivity contribution is 0.0999. The molecule has 1 amide bonds. The Bertz CT molecular complexity index is 1460. The topological polar surface area (TPSA) is 80.3 Å². The number of aryl methyl sites for hydroxylation is 1. The van der Waals surface area contributed by atoms with Crippen LogP contribution in [0.2, 0.25) is 0 Å². The average molecular weight is 467 g/mol. The number of nitrogens with two attached hydrogens (primary N) is 1. The molecule has 2 aromatic heterocycles. The van der Waals surface area contributed by atoms with Crippen molar-refractivity contribution in [1.29, 1.82) is 0 Å². The van der Waals surface area contributed by atoms with Crippen molar-refractivity contribution in [3.05, 3.63) is 65.4 Å². The summed E-state index contributed by atoms with van der Waals surface area (Å²) in [5.41, 5.74) is 14.5. The molecule has 4 aromatic rings. The highest BCUT2D eigenvalue weighted by Gasteiger charge is 2.28. The van der Waals surface area contributed by atoms with Gasteiger partial charge in [-0.3, -0.25) is 9.48 Å². The molecule has 2 aromatic carbocycles. The summed E-state index contributed by atoms with van der Waals surface area (Å²) in [5, 5.41) is 5.38. The quantitative estimate of drug-likeness (QED) is 0.435. The Hall–Kier alpha value is -3.71. The second-order valence-corrected chi connectivity index (χ2v) is 9.99. The van der Waals surface area contributed by atoms with Gasteiger partial charge in [-0.05, 0) is 68.4 Å². The number of carbonyl (C=O) groups is 1. The fourth-order valence-corrected chi connectivity index (χ4v) is 5.65. The molecule has 0 radical (unpaired) electrons. The SMILES string of the molecule is CN(C)C1CCN(c2ccc3c(c2)Cc2c(C(N)=O)cc(-c4ccc5c(cnn5C)c4)nc2-3)CC1. The minimum atomic E-state index is -0.411. The molecule has 7 heteroatoms. The van der Waals surface area contributed by atoms with E-state index in [0.717, 1.165) is 52.1 Å². The number of fused-ring (bicyclic) bond motifs is 4. The highest BCUT2D eigenvalue weighted by atomic mass is 16.1. The molecule has 0 bridgehead atoms. The van der Waals surface area contributed by atoms with Crippen LogP contribution in [0.3, 0.4) is 0 Å². The predicted octanol–water partition coefficient (Wildman–Crippen LogP) is 3.84. The zero-order valence-electron chi connectivity index (χ0n) is 20.5. The van der Waals surface area contributed by atoms with Crippen LogP contribution in [0.4, 0.5) is 5.69 Å². The lowest BCUT2D eigenvalue weighted by Gasteiger charge is -2.36. The molecule has 7 nitrogen and oxygen atoms in total. The summed E-state index contributed by atoms with van der Waals surface area (Å²) in [4.78, 5) is 22.3. The first kappa shape index (κ1) is 21.8. The molecule has 0 unspecified atom stereocenters. The van der Waals surface area contributed by atoms with E-state index >= 15 is 0 Å². The highest BCUT2D eigenvalue weighted by molar-refractivity contribution is 5.99. The Kier molecular flexibility index (Phi) is 5.11. The van der Waals surface area contributed by atoms with E-state index < -0.39 is 5.91 Å². The zero-order chi connectivity index (χ0) is 24.3. The molecule has 3 heterocycles. The molecule has 178 valence electrons. The lowest BCUT2D eigenvalue weighted by Crippen LogP contribution is -2.42. The minimum absolute atomic E-state index is 0.411. The number of benzene rings is 2. The maximum Gasteiger partial charge on any atom is 0.249 e. The number of nitrogens with zero attached hydrogens (tertiary/aromatic N) is 5. The summed E-state index contributed by atoms with van der Waals surface area (Å²) in [6.07, 6.45) is 4.86. The van der Waals surface area contributed by atoms with E-state index in [4.69, 9.17) is 10.7 Å². The van der Waals surface area contributed by atoms with Gasteiger partial charge < -0.3 is 15.5 Å². The van der Waals surface area contributed by atoms with Gasteiger partial charge in [-0.2, -0.15) is 5.10 Å². The third-order valence-electron chi connectivity index (χ3n) is 7.70. The van der Waals surface area contributed by atoms with Gasteiger partial charge >= 0.3 is 0 Å². The van der Waals surface area contributed by atoms with E-state index in [1.54, 1.807) is 0 Å². The molecule has 0 saturated carbocycles. The Balaban J connectivity index is 1.37. The summed E-state index contributed by atoms with van der Waals surface area (Å²) < 4.78 is 1.85. The van der Waals surface area contributed by atoms with E-state index in [1.807, 2.05) is 36.1 Å². The largest absolute Gasteiger partial charge is 0.371 e. The average Bonchev–Trinajstić information content (AvgIpc) is 3.42. The number of primary amides is 1. The number of anilines is 1. The van der Waals surface area contributed by atoms with E-state index in [0.29, 0.717) is 18.0 Å². The first-order chi connectivity index (χ1) is 16.9. The van der Waals surface area contributed by atoms with Crippen LogP contribution in [0, 0.1) is 0 Å². The Morgan fingerprint density at radius 2 is 1.89 bits per heavy atom. The van der Waals surface area contributed by atoms with Crippen molar-refractivity contribution in [3.63, 3.8) is 0 Å². The van der Waals surface area contributed by atoms with Crippen LogP contribution in [-0.4, -0.2) is 58.8 Å².